The van der Waals surface area contributed by atoms with Crippen molar-refractivity contribution >= 4 is 17.6 Å². The van der Waals surface area contributed by atoms with Crippen molar-refractivity contribution in [2.45, 2.75) is 52.0 Å². The van der Waals surface area contributed by atoms with E-state index < -0.39 is 0 Å². The third kappa shape index (κ3) is 7.80. The molecular formula is C23H39ClN4O. The Labute approximate surface area is 181 Å². The quantitative estimate of drug-likeness (QED) is 0.393. The molecule has 0 amide bonds. The molecule has 1 fully saturated rings. The van der Waals surface area contributed by atoms with Gasteiger partial charge in [0.25, 0.3) is 0 Å². The van der Waals surface area contributed by atoms with Crippen molar-refractivity contribution in [3.8, 4) is 0 Å². The van der Waals surface area contributed by atoms with Gasteiger partial charge < -0.3 is 15.7 Å². The fourth-order valence-corrected chi connectivity index (χ4v) is 4.60. The van der Waals surface area contributed by atoms with Crippen molar-refractivity contribution in [3.05, 3.63) is 34.9 Å². The number of piperidine rings is 1. The Hall–Kier alpha value is -1.30. The molecule has 0 spiro atoms. The van der Waals surface area contributed by atoms with E-state index in [1.54, 1.807) is 0 Å². The maximum Gasteiger partial charge on any atom is 0.191 e. The lowest BCUT2D eigenvalue weighted by atomic mass is 9.85. The molecule has 0 aromatic heterocycles. The predicted molar refractivity (Wildman–Crippen MR) is 124 cm³/mol. The number of aliphatic imine (C=N–C) groups is 1. The molecule has 0 radical (unpaired) electrons. The van der Waals surface area contributed by atoms with Crippen LogP contribution in [0.15, 0.2) is 29.3 Å². The molecule has 1 aliphatic heterocycles. The predicted octanol–water partition coefficient (Wildman–Crippen LogP) is 4.08. The highest BCUT2D eigenvalue weighted by atomic mass is 35.5. The maximum atomic E-state index is 9.29. The van der Waals surface area contributed by atoms with Gasteiger partial charge in [0.15, 0.2) is 5.96 Å². The molecule has 2 rings (SSSR count). The zero-order chi connectivity index (χ0) is 21.1. The highest BCUT2D eigenvalue weighted by molar-refractivity contribution is 6.30. The summed E-state index contributed by atoms with van der Waals surface area (Å²) >= 11 is 6.27. The number of guanidine groups is 1. The molecule has 3 atom stereocenters. The Morgan fingerprint density at radius 2 is 2.14 bits per heavy atom. The lowest BCUT2D eigenvalue weighted by Gasteiger charge is -2.40. The molecule has 6 heteroatoms. The number of aliphatic hydroxyl groups excluding tert-OH is 1. The van der Waals surface area contributed by atoms with Crippen molar-refractivity contribution in [1.82, 2.24) is 15.5 Å². The largest absolute Gasteiger partial charge is 0.396 e. The van der Waals surface area contributed by atoms with E-state index in [-0.39, 0.29) is 6.61 Å². The van der Waals surface area contributed by atoms with E-state index in [1.165, 1.54) is 18.4 Å². The SMILES string of the molecule is CCCC(CCO)CN=C(NCC)NCC1CCCN(C)C1c1cccc(Cl)c1. The number of hydrogen-bond donors (Lipinski definition) is 3. The molecule has 3 N–H and O–H groups in total. The number of nitrogens with zero attached hydrogens (tertiary/aromatic N) is 2. The van der Waals surface area contributed by atoms with E-state index >= 15 is 0 Å². The topological polar surface area (TPSA) is 59.9 Å². The first kappa shape index (κ1) is 24.0. The maximum absolute atomic E-state index is 9.29. The van der Waals surface area contributed by atoms with Gasteiger partial charge in [0.2, 0.25) is 0 Å². The van der Waals surface area contributed by atoms with Gasteiger partial charge in [-0.25, -0.2) is 0 Å². The van der Waals surface area contributed by atoms with Crippen LogP contribution in [0.25, 0.3) is 0 Å². The number of hydrogen-bond acceptors (Lipinski definition) is 3. The molecule has 164 valence electrons. The summed E-state index contributed by atoms with van der Waals surface area (Å²) in [5.74, 6) is 1.82. The van der Waals surface area contributed by atoms with E-state index in [0.717, 1.165) is 56.4 Å². The first-order valence-electron chi connectivity index (χ1n) is 11.2. The Morgan fingerprint density at radius 1 is 1.31 bits per heavy atom. The second-order valence-corrected chi connectivity index (χ2v) is 8.59. The second-order valence-electron chi connectivity index (χ2n) is 8.15. The lowest BCUT2D eigenvalue weighted by Crippen LogP contribution is -2.45. The fraction of sp³-hybridized carbons (Fsp3) is 0.696. The van der Waals surface area contributed by atoms with E-state index in [0.29, 0.717) is 17.9 Å². The van der Waals surface area contributed by atoms with E-state index in [2.05, 4.69) is 48.6 Å². The van der Waals surface area contributed by atoms with Crippen molar-refractivity contribution < 1.29 is 5.11 Å². The van der Waals surface area contributed by atoms with Gasteiger partial charge in [-0.3, -0.25) is 9.89 Å². The summed E-state index contributed by atoms with van der Waals surface area (Å²) in [4.78, 5) is 7.26. The number of aliphatic hydroxyl groups is 1. The van der Waals surface area contributed by atoms with E-state index in [1.807, 2.05) is 12.1 Å². The van der Waals surface area contributed by atoms with Crippen LogP contribution < -0.4 is 10.6 Å². The van der Waals surface area contributed by atoms with Gasteiger partial charge in [0, 0.05) is 37.3 Å². The molecule has 1 heterocycles. The number of halogens is 1. The van der Waals surface area contributed by atoms with Gasteiger partial charge >= 0.3 is 0 Å². The normalized spacial score (nSPS) is 21.8. The lowest BCUT2D eigenvalue weighted by molar-refractivity contribution is 0.122. The molecule has 1 aromatic rings. The molecule has 5 nitrogen and oxygen atoms in total. The highest BCUT2D eigenvalue weighted by Gasteiger charge is 2.30. The average Bonchev–Trinajstić information content (AvgIpc) is 2.70. The molecular weight excluding hydrogens is 384 g/mol. The summed E-state index contributed by atoms with van der Waals surface area (Å²) < 4.78 is 0. The van der Waals surface area contributed by atoms with Crippen LogP contribution in [0.5, 0.6) is 0 Å². The van der Waals surface area contributed by atoms with Gasteiger partial charge in [-0.1, -0.05) is 37.1 Å². The fourth-order valence-electron chi connectivity index (χ4n) is 4.40. The van der Waals surface area contributed by atoms with Gasteiger partial charge in [-0.2, -0.15) is 0 Å². The smallest absolute Gasteiger partial charge is 0.191 e. The molecule has 0 aliphatic carbocycles. The van der Waals surface area contributed by atoms with Crippen LogP contribution in [0.4, 0.5) is 0 Å². The molecule has 0 saturated carbocycles. The molecule has 0 bridgehead atoms. The summed E-state index contributed by atoms with van der Waals surface area (Å²) in [5, 5.41) is 17.1. The number of likely N-dealkylation sites (tertiary alicyclic amines) is 1. The summed E-state index contributed by atoms with van der Waals surface area (Å²) in [7, 11) is 2.21. The summed E-state index contributed by atoms with van der Waals surface area (Å²) in [5.41, 5.74) is 1.29. The standard InChI is InChI=1S/C23H39ClN4O/c1-4-8-18(12-14-29)16-26-23(25-5-2)27-17-20-10-7-13-28(3)22(20)19-9-6-11-21(24)15-19/h6,9,11,15,18,20,22,29H,4-5,7-8,10,12-14,16-17H2,1-3H3,(H2,25,26,27). The minimum absolute atomic E-state index is 0.236. The molecule has 1 saturated heterocycles. The van der Waals surface area contributed by atoms with E-state index in [9.17, 15) is 5.11 Å². The highest BCUT2D eigenvalue weighted by Crippen LogP contribution is 2.35. The van der Waals surface area contributed by atoms with Crippen molar-refractivity contribution in [3.63, 3.8) is 0 Å². The average molecular weight is 423 g/mol. The van der Waals surface area contributed by atoms with Crippen LogP contribution in [0.3, 0.4) is 0 Å². The van der Waals surface area contributed by atoms with E-state index in [4.69, 9.17) is 16.6 Å². The Morgan fingerprint density at radius 3 is 2.83 bits per heavy atom. The van der Waals surface area contributed by atoms with Crippen molar-refractivity contribution in [1.29, 1.82) is 0 Å². The number of benzene rings is 1. The van der Waals surface area contributed by atoms with Gasteiger partial charge in [0.05, 0.1) is 0 Å². The minimum Gasteiger partial charge on any atom is -0.396 e. The zero-order valence-corrected chi connectivity index (χ0v) is 19.1. The molecule has 1 aromatic carbocycles. The summed E-state index contributed by atoms with van der Waals surface area (Å²) in [6.07, 6.45) is 5.45. The molecule has 3 unspecified atom stereocenters. The Bertz CT molecular complexity index is 619. The number of rotatable bonds is 10. The van der Waals surface area contributed by atoms with Gasteiger partial charge in [0.1, 0.15) is 0 Å². The third-order valence-corrected chi connectivity index (χ3v) is 6.05. The Balaban J connectivity index is 2.04. The van der Waals surface area contributed by atoms with Crippen molar-refractivity contribution in [2.24, 2.45) is 16.8 Å². The minimum atomic E-state index is 0.236. The van der Waals surface area contributed by atoms with Gasteiger partial charge in [-0.05, 0) is 75.7 Å². The van der Waals surface area contributed by atoms with Gasteiger partial charge in [-0.15, -0.1) is 0 Å². The monoisotopic (exact) mass is 422 g/mol. The second kappa shape index (κ2) is 13.1. The molecule has 29 heavy (non-hydrogen) atoms. The van der Waals surface area contributed by atoms with Crippen molar-refractivity contribution in [2.75, 3.05) is 39.8 Å². The first-order valence-corrected chi connectivity index (χ1v) is 11.6. The van der Waals surface area contributed by atoms with Crippen LogP contribution in [0.2, 0.25) is 5.02 Å². The summed E-state index contributed by atoms with van der Waals surface area (Å²) in [6, 6.07) is 8.64. The Kier molecular flexibility index (Phi) is 10.8. The number of nitrogens with one attached hydrogen (secondary N) is 2. The zero-order valence-electron chi connectivity index (χ0n) is 18.3. The molecule has 1 aliphatic rings. The van der Waals surface area contributed by atoms with Crippen LogP contribution >= 0.6 is 11.6 Å². The van der Waals surface area contributed by atoms with Crippen LogP contribution in [0, 0.1) is 11.8 Å². The first-order chi connectivity index (χ1) is 14.1. The van der Waals surface area contributed by atoms with Crippen LogP contribution in [-0.4, -0.2) is 55.8 Å². The van der Waals surface area contributed by atoms with Crippen LogP contribution in [0.1, 0.15) is 57.6 Å². The van der Waals surface area contributed by atoms with Crippen LogP contribution in [-0.2, 0) is 0 Å². The third-order valence-electron chi connectivity index (χ3n) is 5.82. The summed E-state index contributed by atoms with van der Waals surface area (Å²) in [6.45, 7) is 8.11.